The molecule has 1 aromatic heterocycles. The second-order valence-corrected chi connectivity index (χ2v) is 7.63. The molecule has 0 aliphatic carbocycles. The molecule has 0 saturated carbocycles. The van der Waals surface area contributed by atoms with Gasteiger partial charge in [0.1, 0.15) is 13.2 Å². The van der Waals surface area contributed by atoms with Gasteiger partial charge < -0.3 is 34.2 Å². The minimum absolute atomic E-state index is 0.121. The van der Waals surface area contributed by atoms with Crippen molar-refractivity contribution in [2.45, 2.75) is 0 Å². The molecule has 2 saturated heterocycles. The summed E-state index contributed by atoms with van der Waals surface area (Å²) in [7, 11) is 0. The molecule has 3 aliphatic rings. The maximum absolute atomic E-state index is 12.7. The van der Waals surface area contributed by atoms with Gasteiger partial charge >= 0.3 is 6.03 Å². The summed E-state index contributed by atoms with van der Waals surface area (Å²) < 4.78 is 16.5. The quantitative estimate of drug-likeness (QED) is 0.788. The number of morpholine rings is 1. The van der Waals surface area contributed by atoms with Gasteiger partial charge in [0.05, 0.1) is 25.1 Å². The summed E-state index contributed by atoms with van der Waals surface area (Å²) in [4.78, 5) is 19.0. The number of benzene rings is 1. The van der Waals surface area contributed by atoms with E-state index in [4.69, 9.17) is 14.2 Å². The molecule has 31 heavy (non-hydrogen) atoms. The molecule has 4 heterocycles. The largest absolute Gasteiger partial charge is 0.486 e. The summed E-state index contributed by atoms with van der Waals surface area (Å²) in [6.07, 6.45) is 1.80. The molecular weight excluding hydrogens is 400 g/mol. The summed E-state index contributed by atoms with van der Waals surface area (Å²) in [5, 5.41) is 11.5. The van der Waals surface area contributed by atoms with Gasteiger partial charge in [-0.1, -0.05) is 0 Å². The van der Waals surface area contributed by atoms with Crippen LogP contribution in [-0.4, -0.2) is 86.8 Å². The number of anilines is 3. The lowest BCUT2D eigenvalue weighted by Gasteiger charge is -2.35. The van der Waals surface area contributed by atoms with E-state index in [0.717, 1.165) is 37.8 Å². The highest BCUT2D eigenvalue weighted by atomic mass is 16.6. The van der Waals surface area contributed by atoms with Gasteiger partial charge in [-0.3, -0.25) is 0 Å². The number of piperazine rings is 1. The van der Waals surface area contributed by atoms with Crippen LogP contribution in [-0.2, 0) is 4.74 Å². The van der Waals surface area contributed by atoms with E-state index >= 15 is 0 Å². The van der Waals surface area contributed by atoms with E-state index in [1.165, 1.54) is 0 Å². The average Bonchev–Trinajstić information content (AvgIpc) is 2.85. The monoisotopic (exact) mass is 426 g/mol. The van der Waals surface area contributed by atoms with Gasteiger partial charge in [-0.05, 0) is 12.1 Å². The minimum atomic E-state index is -0.121. The van der Waals surface area contributed by atoms with Crippen molar-refractivity contribution in [3.63, 3.8) is 0 Å². The van der Waals surface area contributed by atoms with Crippen molar-refractivity contribution in [3.8, 4) is 11.5 Å². The van der Waals surface area contributed by atoms with Crippen LogP contribution in [0.3, 0.4) is 0 Å². The van der Waals surface area contributed by atoms with Crippen LogP contribution < -0.4 is 24.6 Å². The number of amides is 2. The number of rotatable bonds is 3. The Bertz CT molecular complexity index is 928. The van der Waals surface area contributed by atoms with E-state index in [1.807, 2.05) is 17.0 Å². The lowest BCUT2D eigenvalue weighted by molar-refractivity contribution is 0.122. The third-order valence-corrected chi connectivity index (χ3v) is 5.69. The van der Waals surface area contributed by atoms with Crippen molar-refractivity contribution in [2.24, 2.45) is 0 Å². The highest BCUT2D eigenvalue weighted by Gasteiger charge is 2.23. The van der Waals surface area contributed by atoms with Crippen LogP contribution in [0.25, 0.3) is 0 Å². The van der Waals surface area contributed by atoms with Crippen LogP contribution in [0, 0.1) is 0 Å². The Morgan fingerprint density at radius 2 is 1.65 bits per heavy atom. The van der Waals surface area contributed by atoms with Crippen LogP contribution in [0.15, 0.2) is 30.5 Å². The number of carbonyl (C=O) groups excluding carboxylic acids is 1. The van der Waals surface area contributed by atoms with E-state index in [-0.39, 0.29) is 6.03 Å². The van der Waals surface area contributed by atoms with E-state index < -0.39 is 0 Å². The normalized spacial score (nSPS) is 18.6. The number of nitrogens with one attached hydrogen (secondary N) is 1. The number of hydrogen-bond donors (Lipinski definition) is 1. The number of urea groups is 1. The molecule has 0 spiro atoms. The van der Waals surface area contributed by atoms with Crippen molar-refractivity contribution < 1.29 is 19.0 Å². The molecule has 2 amide bonds. The number of carbonyl (C=O) groups is 1. The summed E-state index contributed by atoms with van der Waals surface area (Å²) in [6, 6.07) is 7.40. The van der Waals surface area contributed by atoms with Crippen LogP contribution in [0.2, 0.25) is 0 Å². The maximum atomic E-state index is 12.7. The first kappa shape index (κ1) is 19.7. The fourth-order valence-electron chi connectivity index (χ4n) is 3.96. The Morgan fingerprint density at radius 3 is 2.45 bits per heavy atom. The third-order valence-electron chi connectivity index (χ3n) is 5.69. The third kappa shape index (κ3) is 4.43. The Balaban J connectivity index is 1.17. The van der Waals surface area contributed by atoms with Gasteiger partial charge in [-0.15, -0.1) is 5.10 Å². The molecule has 2 aromatic rings. The summed E-state index contributed by atoms with van der Waals surface area (Å²) in [5.74, 6) is 2.21. The van der Waals surface area contributed by atoms with Gasteiger partial charge in [0.25, 0.3) is 0 Å². The average molecular weight is 426 g/mol. The van der Waals surface area contributed by atoms with E-state index in [0.29, 0.717) is 56.6 Å². The molecule has 3 aliphatic heterocycles. The highest BCUT2D eigenvalue weighted by molar-refractivity contribution is 5.90. The smallest absolute Gasteiger partial charge is 0.321 e. The fraction of sp³-hybridized carbons (Fsp3) is 0.476. The van der Waals surface area contributed by atoms with Crippen LogP contribution in [0.1, 0.15) is 0 Å². The summed E-state index contributed by atoms with van der Waals surface area (Å²) >= 11 is 0. The zero-order valence-electron chi connectivity index (χ0n) is 17.3. The van der Waals surface area contributed by atoms with Crippen molar-refractivity contribution >= 4 is 23.2 Å². The zero-order chi connectivity index (χ0) is 21.0. The second-order valence-electron chi connectivity index (χ2n) is 7.63. The first-order valence-corrected chi connectivity index (χ1v) is 10.6. The molecule has 0 unspecified atom stereocenters. The molecule has 2 fully saturated rings. The summed E-state index contributed by atoms with van der Waals surface area (Å²) in [5.41, 5.74) is 1.76. The molecule has 10 nitrogen and oxygen atoms in total. The molecule has 10 heteroatoms. The van der Waals surface area contributed by atoms with Gasteiger partial charge in [0, 0.05) is 57.1 Å². The number of ether oxygens (including phenoxy) is 3. The first-order valence-electron chi connectivity index (χ1n) is 10.6. The van der Waals surface area contributed by atoms with Gasteiger partial charge in [-0.25, -0.2) is 4.79 Å². The summed E-state index contributed by atoms with van der Waals surface area (Å²) in [6.45, 7) is 6.87. The predicted molar refractivity (Wildman–Crippen MR) is 115 cm³/mol. The van der Waals surface area contributed by atoms with Crippen molar-refractivity contribution in [1.29, 1.82) is 0 Å². The standard InChI is InChI=1S/C21H26N6O4/c28-21(23-16-1-2-18-19(13-16)31-12-11-30-18)27-5-3-26(4-6-27)20-14-17(15-22-24-20)25-7-9-29-10-8-25/h1-2,13-15H,3-12H2,(H,23,28). The Kier molecular flexibility index (Phi) is 5.61. The number of nitrogens with zero attached hydrogens (tertiary/aromatic N) is 5. The molecule has 1 N–H and O–H groups in total. The molecule has 5 rings (SSSR count). The zero-order valence-corrected chi connectivity index (χ0v) is 17.3. The molecule has 0 radical (unpaired) electrons. The SMILES string of the molecule is O=C(Nc1ccc2c(c1)OCCO2)N1CCN(c2cc(N3CCOCC3)cnn2)CC1. The number of hydrogen-bond acceptors (Lipinski definition) is 8. The van der Waals surface area contributed by atoms with E-state index in [2.05, 4.69) is 31.4 Å². The number of aromatic nitrogens is 2. The topological polar surface area (TPSA) is 92.3 Å². The van der Waals surface area contributed by atoms with Crippen molar-refractivity contribution in [1.82, 2.24) is 15.1 Å². The maximum Gasteiger partial charge on any atom is 0.321 e. The van der Waals surface area contributed by atoms with Gasteiger partial charge in [0.2, 0.25) is 0 Å². The van der Waals surface area contributed by atoms with Crippen LogP contribution in [0.5, 0.6) is 11.5 Å². The Morgan fingerprint density at radius 1 is 0.871 bits per heavy atom. The van der Waals surface area contributed by atoms with Gasteiger partial charge in [-0.2, -0.15) is 5.10 Å². The lowest BCUT2D eigenvalue weighted by atomic mass is 10.2. The van der Waals surface area contributed by atoms with E-state index in [1.54, 1.807) is 12.3 Å². The Labute approximate surface area is 180 Å². The Hall–Kier alpha value is -3.27. The predicted octanol–water partition coefficient (Wildman–Crippen LogP) is 1.44. The molecule has 164 valence electrons. The minimum Gasteiger partial charge on any atom is -0.486 e. The fourth-order valence-corrected chi connectivity index (χ4v) is 3.96. The van der Waals surface area contributed by atoms with E-state index in [9.17, 15) is 4.79 Å². The van der Waals surface area contributed by atoms with Crippen LogP contribution >= 0.6 is 0 Å². The lowest BCUT2D eigenvalue weighted by Crippen LogP contribution is -2.50. The molecule has 1 aromatic carbocycles. The molecule has 0 bridgehead atoms. The second kappa shape index (κ2) is 8.84. The highest BCUT2D eigenvalue weighted by Crippen LogP contribution is 2.32. The van der Waals surface area contributed by atoms with Crippen molar-refractivity contribution in [2.75, 3.05) is 80.8 Å². The molecular formula is C21H26N6O4. The number of fused-ring (bicyclic) bond motifs is 1. The first-order chi connectivity index (χ1) is 15.3. The molecule has 0 atom stereocenters. The van der Waals surface area contributed by atoms with Gasteiger partial charge in [0.15, 0.2) is 17.3 Å². The van der Waals surface area contributed by atoms with Crippen LogP contribution in [0.4, 0.5) is 22.0 Å². The van der Waals surface area contributed by atoms with Crippen molar-refractivity contribution in [3.05, 3.63) is 30.5 Å².